The molecule has 0 heterocycles. The van der Waals surface area contributed by atoms with E-state index >= 15 is 0 Å². The zero-order valence-electron chi connectivity index (χ0n) is 11.7. The SMILES string of the molecule is CCCNC(=O)c1cc(S(=O)(=O)N(C)C)ccc1C. The van der Waals surface area contributed by atoms with E-state index in [0.29, 0.717) is 12.1 Å². The summed E-state index contributed by atoms with van der Waals surface area (Å²) in [5, 5.41) is 2.75. The lowest BCUT2D eigenvalue weighted by Gasteiger charge is -2.13. The lowest BCUT2D eigenvalue weighted by Crippen LogP contribution is -2.26. The molecule has 0 radical (unpaired) electrons. The molecular weight excluding hydrogens is 264 g/mol. The van der Waals surface area contributed by atoms with E-state index in [2.05, 4.69) is 5.32 Å². The number of nitrogens with zero attached hydrogens (tertiary/aromatic N) is 1. The zero-order chi connectivity index (χ0) is 14.6. The number of hydrogen-bond donors (Lipinski definition) is 1. The highest BCUT2D eigenvalue weighted by atomic mass is 32.2. The molecule has 0 aromatic heterocycles. The Labute approximate surface area is 114 Å². The molecule has 0 aliphatic rings. The Bertz CT molecular complexity index is 565. The van der Waals surface area contributed by atoms with Gasteiger partial charge >= 0.3 is 0 Å². The maximum absolute atomic E-state index is 12.0. The molecular formula is C13H20N2O3S. The molecule has 1 rings (SSSR count). The molecule has 0 bridgehead atoms. The fourth-order valence-electron chi connectivity index (χ4n) is 1.55. The average Bonchev–Trinajstić information content (AvgIpc) is 2.36. The van der Waals surface area contributed by atoms with E-state index in [9.17, 15) is 13.2 Å². The lowest BCUT2D eigenvalue weighted by atomic mass is 10.1. The summed E-state index contributed by atoms with van der Waals surface area (Å²) >= 11 is 0. The third-order valence-corrected chi connectivity index (χ3v) is 4.58. The van der Waals surface area contributed by atoms with Crippen LogP contribution in [0.25, 0.3) is 0 Å². The Balaban J connectivity index is 3.18. The normalized spacial score (nSPS) is 11.6. The molecule has 0 aliphatic heterocycles. The highest BCUT2D eigenvalue weighted by molar-refractivity contribution is 7.89. The van der Waals surface area contributed by atoms with Crippen molar-refractivity contribution in [3.05, 3.63) is 29.3 Å². The van der Waals surface area contributed by atoms with Crippen LogP contribution in [-0.4, -0.2) is 39.3 Å². The van der Waals surface area contributed by atoms with Gasteiger partial charge in [0, 0.05) is 26.2 Å². The van der Waals surface area contributed by atoms with Gasteiger partial charge in [0.15, 0.2) is 0 Å². The molecule has 1 N–H and O–H groups in total. The second kappa shape index (κ2) is 6.16. The highest BCUT2D eigenvalue weighted by Gasteiger charge is 2.19. The van der Waals surface area contributed by atoms with Gasteiger partial charge in [-0.05, 0) is 31.0 Å². The molecule has 106 valence electrons. The van der Waals surface area contributed by atoms with E-state index < -0.39 is 10.0 Å². The third kappa shape index (κ3) is 3.54. The van der Waals surface area contributed by atoms with E-state index in [1.807, 2.05) is 6.92 Å². The summed E-state index contributed by atoms with van der Waals surface area (Å²) in [6.07, 6.45) is 0.834. The van der Waals surface area contributed by atoms with Crippen molar-refractivity contribution < 1.29 is 13.2 Å². The molecule has 0 aliphatic carbocycles. The lowest BCUT2D eigenvalue weighted by molar-refractivity contribution is 0.0953. The highest BCUT2D eigenvalue weighted by Crippen LogP contribution is 2.18. The first-order valence-electron chi connectivity index (χ1n) is 6.12. The molecule has 1 amide bonds. The van der Waals surface area contributed by atoms with Crippen LogP contribution in [0.3, 0.4) is 0 Å². The van der Waals surface area contributed by atoms with E-state index in [1.54, 1.807) is 13.0 Å². The Hall–Kier alpha value is -1.40. The monoisotopic (exact) mass is 284 g/mol. The number of hydrogen-bond acceptors (Lipinski definition) is 3. The van der Waals surface area contributed by atoms with Gasteiger partial charge in [-0.25, -0.2) is 12.7 Å². The number of carbonyl (C=O) groups excluding carboxylic acids is 1. The number of rotatable bonds is 5. The van der Waals surface area contributed by atoms with Gasteiger partial charge in [0.2, 0.25) is 10.0 Å². The van der Waals surface area contributed by atoms with Gasteiger partial charge in [-0.2, -0.15) is 0 Å². The predicted octanol–water partition coefficient (Wildman–Crippen LogP) is 1.39. The van der Waals surface area contributed by atoms with Crippen LogP contribution in [0.5, 0.6) is 0 Å². The van der Waals surface area contributed by atoms with E-state index in [0.717, 1.165) is 16.3 Å². The summed E-state index contributed by atoms with van der Waals surface area (Å²) in [5.74, 6) is -0.241. The van der Waals surface area contributed by atoms with Crippen molar-refractivity contribution >= 4 is 15.9 Å². The largest absolute Gasteiger partial charge is 0.352 e. The molecule has 0 unspecified atom stereocenters. The van der Waals surface area contributed by atoms with Crippen molar-refractivity contribution in [1.82, 2.24) is 9.62 Å². The van der Waals surface area contributed by atoms with E-state index in [1.165, 1.54) is 26.2 Å². The number of nitrogens with one attached hydrogen (secondary N) is 1. The molecule has 5 nitrogen and oxygen atoms in total. The van der Waals surface area contributed by atoms with Crippen molar-refractivity contribution in [3.8, 4) is 0 Å². The van der Waals surface area contributed by atoms with Gasteiger partial charge in [0.05, 0.1) is 4.90 Å². The van der Waals surface area contributed by atoms with Crippen molar-refractivity contribution in [2.75, 3.05) is 20.6 Å². The quantitative estimate of drug-likeness (QED) is 0.888. The number of sulfonamides is 1. The van der Waals surface area contributed by atoms with Gasteiger partial charge < -0.3 is 5.32 Å². The number of carbonyl (C=O) groups is 1. The van der Waals surface area contributed by atoms with Crippen LogP contribution in [0.4, 0.5) is 0 Å². The van der Waals surface area contributed by atoms with Crippen LogP contribution in [0.1, 0.15) is 29.3 Å². The van der Waals surface area contributed by atoms with Crippen LogP contribution in [-0.2, 0) is 10.0 Å². The van der Waals surface area contributed by atoms with Crippen LogP contribution < -0.4 is 5.32 Å². The maximum atomic E-state index is 12.0. The summed E-state index contributed by atoms with van der Waals surface area (Å²) in [6.45, 7) is 4.32. The Morgan fingerprint density at radius 2 is 1.95 bits per heavy atom. The molecule has 0 saturated carbocycles. The van der Waals surface area contributed by atoms with Crippen LogP contribution in [0, 0.1) is 6.92 Å². The number of benzene rings is 1. The van der Waals surface area contributed by atoms with E-state index in [4.69, 9.17) is 0 Å². The minimum absolute atomic E-state index is 0.129. The van der Waals surface area contributed by atoms with Crippen LogP contribution in [0.2, 0.25) is 0 Å². The van der Waals surface area contributed by atoms with Crippen molar-refractivity contribution in [1.29, 1.82) is 0 Å². The standard InChI is InChI=1S/C13H20N2O3S/c1-5-8-14-13(16)12-9-11(7-6-10(12)2)19(17,18)15(3)4/h6-7,9H,5,8H2,1-4H3,(H,14,16). The first-order chi connectivity index (χ1) is 8.80. The molecule has 0 fully saturated rings. The summed E-state index contributed by atoms with van der Waals surface area (Å²) in [7, 11) is -0.588. The van der Waals surface area contributed by atoms with Crippen LogP contribution in [0.15, 0.2) is 23.1 Å². The molecule has 1 aromatic carbocycles. The zero-order valence-corrected chi connectivity index (χ0v) is 12.5. The predicted molar refractivity (Wildman–Crippen MR) is 74.7 cm³/mol. The number of amides is 1. The molecule has 6 heteroatoms. The summed E-state index contributed by atoms with van der Waals surface area (Å²) < 4.78 is 25.2. The first-order valence-corrected chi connectivity index (χ1v) is 7.56. The topological polar surface area (TPSA) is 66.5 Å². The van der Waals surface area contributed by atoms with Crippen molar-refractivity contribution in [2.24, 2.45) is 0 Å². The Morgan fingerprint density at radius 1 is 1.32 bits per heavy atom. The second-order valence-electron chi connectivity index (χ2n) is 4.52. The summed E-state index contributed by atoms with van der Waals surface area (Å²) in [5.41, 5.74) is 1.16. The molecule has 0 atom stereocenters. The van der Waals surface area contributed by atoms with Gasteiger partial charge in [0.1, 0.15) is 0 Å². The summed E-state index contributed by atoms with van der Waals surface area (Å²) in [6, 6.07) is 4.59. The second-order valence-corrected chi connectivity index (χ2v) is 6.67. The Morgan fingerprint density at radius 3 is 2.47 bits per heavy atom. The minimum atomic E-state index is -3.52. The molecule has 0 saturated heterocycles. The average molecular weight is 284 g/mol. The molecule has 1 aromatic rings. The van der Waals surface area contributed by atoms with Gasteiger partial charge in [0.25, 0.3) is 5.91 Å². The van der Waals surface area contributed by atoms with Gasteiger partial charge in [-0.3, -0.25) is 4.79 Å². The maximum Gasteiger partial charge on any atom is 0.251 e. The van der Waals surface area contributed by atoms with Crippen LogP contribution >= 0.6 is 0 Å². The molecule has 19 heavy (non-hydrogen) atoms. The van der Waals surface area contributed by atoms with E-state index in [-0.39, 0.29) is 10.8 Å². The Kier molecular flexibility index (Phi) is 5.08. The van der Waals surface area contributed by atoms with Crippen molar-refractivity contribution in [2.45, 2.75) is 25.2 Å². The number of aryl methyl sites for hydroxylation is 1. The smallest absolute Gasteiger partial charge is 0.251 e. The van der Waals surface area contributed by atoms with Gasteiger partial charge in [-0.1, -0.05) is 13.0 Å². The minimum Gasteiger partial charge on any atom is -0.352 e. The fraction of sp³-hybridized carbons (Fsp3) is 0.462. The third-order valence-electron chi connectivity index (χ3n) is 2.77. The van der Waals surface area contributed by atoms with Crippen molar-refractivity contribution in [3.63, 3.8) is 0 Å². The summed E-state index contributed by atoms with van der Waals surface area (Å²) in [4.78, 5) is 12.1. The van der Waals surface area contributed by atoms with Gasteiger partial charge in [-0.15, -0.1) is 0 Å². The fourth-order valence-corrected chi connectivity index (χ4v) is 2.48. The molecule has 0 spiro atoms. The first kappa shape index (κ1) is 15.7.